The van der Waals surface area contributed by atoms with Gasteiger partial charge in [-0.3, -0.25) is 10.1 Å². The number of para-hydroxylation sites is 1. The van der Waals surface area contributed by atoms with Gasteiger partial charge in [-0.25, -0.2) is 0 Å². The van der Waals surface area contributed by atoms with Crippen molar-refractivity contribution in [1.82, 2.24) is 10.2 Å². The van der Waals surface area contributed by atoms with Gasteiger partial charge in [0.1, 0.15) is 35.6 Å². The minimum atomic E-state index is -0.585. The van der Waals surface area contributed by atoms with Crippen LogP contribution >= 0.6 is 11.3 Å². The molecule has 3 rings (SSSR count). The number of methoxy groups -OCH3 is 2. The first-order chi connectivity index (χ1) is 17.4. The van der Waals surface area contributed by atoms with E-state index < -0.39 is 5.91 Å². The summed E-state index contributed by atoms with van der Waals surface area (Å²) in [6, 6.07) is 11.2. The van der Waals surface area contributed by atoms with Gasteiger partial charge < -0.3 is 18.9 Å². The van der Waals surface area contributed by atoms with Gasteiger partial charge in [-0.15, -0.1) is 10.2 Å². The standard InChI is InChI=1S/C26H28N4O5S/c1-6-22-29-30-26(36-22)28-25(31)19(15-27)12-18-13-20(32-4)24(21(14-18)33-5)35-11-10-34-23-16(2)8-7-9-17(23)3/h7-9,12-14H,6,10-11H2,1-5H3,(H,28,30,31). The quantitative estimate of drug-likeness (QED) is 0.224. The summed E-state index contributed by atoms with van der Waals surface area (Å²) in [7, 11) is 3.00. The number of amides is 1. The molecule has 0 fully saturated rings. The van der Waals surface area contributed by atoms with Crippen molar-refractivity contribution < 1.29 is 23.7 Å². The van der Waals surface area contributed by atoms with Crippen molar-refractivity contribution in [2.75, 3.05) is 32.8 Å². The molecule has 3 aromatic rings. The predicted molar refractivity (Wildman–Crippen MR) is 138 cm³/mol. The Kier molecular flexibility index (Phi) is 9.25. The van der Waals surface area contributed by atoms with Gasteiger partial charge in [0.05, 0.1) is 14.2 Å². The van der Waals surface area contributed by atoms with Crippen LogP contribution in [0.3, 0.4) is 0 Å². The minimum absolute atomic E-state index is 0.108. The number of nitriles is 1. The van der Waals surface area contributed by atoms with Gasteiger partial charge in [-0.1, -0.05) is 36.5 Å². The molecular weight excluding hydrogens is 480 g/mol. The fraction of sp³-hybridized carbons (Fsp3) is 0.308. The molecule has 36 heavy (non-hydrogen) atoms. The van der Waals surface area contributed by atoms with Crippen LogP contribution in [-0.4, -0.2) is 43.5 Å². The van der Waals surface area contributed by atoms with E-state index in [1.165, 1.54) is 31.6 Å². The van der Waals surface area contributed by atoms with E-state index in [1.807, 2.05) is 45.0 Å². The number of aryl methyl sites for hydroxylation is 3. The van der Waals surface area contributed by atoms with Crippen LogP contribution in [-0.2, 0) is 11.2 Å². The first kappa shape index (κ1) is 26.5. The monoisotopic (exact) mass is 508 g/mol. The molecule has 0 radical (unpaired) electrons. The lowest BCUT2D eigenvalue weighted by Crippen LogP contribution is -2.13. The SMILES string of the molecule is CCc1nnc(NC(=O)C(C#N)=Cc2cc(OC)c(OCCOc3c(C)cccc3C)c(OC)c2)s1. The number of aromatic nitrogens is 2. The zero-order chi connectivity index (χ0) is 26.1. The molecule has 0 saturated carbocycles. The Morgan fingerprint density at radius 2 is 1.67 bits per heavy atom. The average Bonchev–Trinajstić information content (AvgIpc) is 3.33. The Hall–Kier alpha value is -4.10. The van der Waals surface area contributed by atoms with Gasteiger partial charge in [0, 0.05) is 0 Å². The maximum atomic E-state index is 12.6. The fourth-order valence-corrected chi connectivity index (χ4v) is 4.04. The summed E-state index contributed by atoms with van der Waals surface area (Å²) in [6.07, 6.45) is 2.15. The summed E-state index contributed by atoms with van der Waals surface area (Å²) in [5.41, 5.74) is 2.52. The highest BCUT2D eigenvalue weighted by Crippen LogP contribution is 2.39. The molecule has 9 nitrogen and oxygen atoms in total. The highest BCUT2D eigenvalue weighted by molar-refractivity contribution is 7.15. The molecule has 1 N–H and O–H groups in total. The maximum Gasteiger partial charge on any atom is 0.268 e. The van der Waals surface area contributed by atoms with Gasteiger partial charge >= 0.3 is 0 Å². The highest BCUT2D eigenvalue weighted by atomic mass is 32.1. The van der Waals surface area contributed by atoms with Gasteiger partial charge in [0.25, 0.3) is 5.91 Å². The second kappa shape index (κ2) is 12.6. The molecule has 0 aliphatic carbocycles. The van der Waals surface area contributed by atoms with Crippen molar-refractivity contribution in [3.05, 3.63) is 57.6 Å². The summed E-state index contributed by atoms with van der Waals surface area (Å²) in [4.78, 5) is 12.6. The molecule has 10 heteroatoms. The zero-order valence-corrected chi connectivity index (χ0v) is 21.7. The maximum absolute atomic E-state index is 12.6. The lowest BCUT2D eigenvalue weighted by molar-refractivity contribution is -0.112. The summed E-state index contributed by atoms with van der Waals surface area (Å²) < 4.78 is 22.8. The number of nitrogens with one attached hydrogen (secondary N) is 1. The Labute approximate surface area is 214 Å². The Morgan fingerprint density at radius 1 is 1.06 bits per heavy atom. The molecule has 1 aromatic heterocycles. The molecule has 2 aromatic carbocycles. The topological polar surface area (TPSA) is 116 Å². The van der Waals surface area contributed by atoms with Crippen LogP contribution in [0.2, 0.25) is 0 Å². The number of nitrogens with zero attached hydrogens (tertiary/aromatic N) is 3. The molecule has 0 spiro atoms. The average molecular weight is 509 g/mol. The molecule has 1 heterocycles. The molecule has 0 unspecified atom stereocenters. The smallest absolute Gasteiger partial charge is 0.268 e. The lowest BCUT2D eigenvalue weighted by atomic mass is 10.1. The first-order valence-electron chi connectivity index (χ1n) is 11.2. The lowest BCUT2D eigenvalue weighted by Gasteiger charge is -2.16. The van der Waals surface area contributed by atoms with Crippen molar-refractivity contribution in [3.63, 3.8) is 0 Å². The van der Waals surface area contributed by atoms with E-state index >= 15 is 0 Å². The second-order valence-electron chi connectivity index (χ2n) is 7.65. The van der Waals surface area contributed by atoms with E-state index in [0.717, 1.165) is 21.9 Å². The van der Waals surface area contributed by atoms with Crippen molar-refractivity contribution >= 4 is 28.5 Å². The number of hydrogen-bond donors (Lipinski definition) is 1. The minimum Gasteiger partial charge on any atom is -0.493 e. The van der Waals surface area contributed by atoms with E-state index in [0.29, 0.717) is 41.0 Å². The van der Waals surface area contributed by atoms with E-state index in [2.05, 4.69) is 15.5 Å². The Morgan fingerprint density at radius 3 is 2.19 bits per heavy atom. The molecular formula is C26H28N4O5S. The van der Waals surface area contributed by atoms with Crippen LogP contribution in [0.15, 0.2) is 35.9 Å². The van der Waals surface area contributed by atoms with E-state index in [1.54, 1.807) is 12.1 Å². The summed E-state index contributed by atoms with van der Waals surface area (Å²) in [5.74, 6) is 1.43. The number of carbonyl (C=O) groups is 1. The van der Waals surface area contributed by atoms with Crippen LogP contribution in [0.25, 0.3) is 6.08 Å². The number of hydrogen-bond acceptors (Lipinski definition) is 9. The number of carbonyl (C=O) groups excluding carboxylic acids is 1. The summed E-state index contributed by atoms with van der Waals surface area (Å²) in [6.45, 7) is 6.51. The van der Waals surface area contributed by atoms with Crippen LogP contribution in [0.1, 0.15) is 28.6 Å². The van der Waals surface area contributed by atoms with Crippen LogP contribution in [0, 0.1) is 25.2 Å². The first-order valence-corrected chi connectivity index (χ1v) is 12.0. The molecule has 0 aliphatic heterocycles. The van der Waals surface area contributed by atoms with Gasteiger partial charge in [0.2, 0.25) is 10.9 Å². The Bertz CT molecular complexity index is 1250. The number of rotatable bonds is 11. The van der Waals surface area contributed by atoms with E-state index in [4.69, 9.17) is 18.9 Å². The van der Waals surface area contributed by atoms with Crippen molar-refractivity contribution in [1.29, 1.82) is 5.26 Å². The van der Waals surface area contributed by atoms with Crippen molar-refractivity contribution in [3.8, 4) is 29.1 Å². The van der Waals surface area contributed by atoms with Gasteiger partial charge in [0.15, 0.2) is 11.5 Å². The van der Waals surface area contributed by atoms with Crippen molar-refractivity contribution in [2.45, 2.75) is 27.2 Å². The van der Waals surface area contributed by atoms with Gasteiger partial charge in [-0.05, 0) is 55.2 Å². The third kappa shape index (κ3) is 6.52. The van der Waals surface area contributed by atoms with Crippen LogP contribution in [0.5, 0.6) is 23.0 Å². The molecule has 0 bridgehead atoms. The molecule has 0 saturated heterocycles. The summed E-state index contributed by atoms with van der Waals surface area (Å²) >= 11 is 1.26. The largest absolute Gasteiger partial charge is 0.493 e. The Balaban J connectivity index is 1.74. The fourth-order valence-electron chi connectivity index (χ4n) is 3.37. The third-order valence-corrected chi connectivity index (χ3v) is 6.12. The number of ether oxygens (including phenoxy) is 4. The van der Waals surface area contributed by atoms with E-state index in [9.17, 15) is 10.1 Å². The predicted octanol–water partition coefficient (Wildman–Crippen LogP) is 4.74. The van der Waals surface area contributed by atoms with Crippen LogP contribution < -0.4 is 24.3 Å². The third-order valence-electron chi connectivity index (χ3n) is 5.13. The van der Waals surface area contributed by atoms with Crippen LogP contribution in [0.4, 0.5) is 5.13 Å². The molecule has 0 atom stereocenters. The number of anilines is 1. The highest BCUT2D eigenvalue weighted by Gasteiger charge is 2.17. The molecule has 1 amide bonds. The summed E-state index contributed by atoms with van der Waals surface area (Å²) in [5, 5.41) is 21.2. The zero-order valence-electron chi connectivity index (χ0n) is 20.9. The second-order valence-corrected chi connectivity index (χ2v) is 8.71. The molecule has 188 valence electrons. The van der Waals surface area contributed by atoms with Gasteiger partial charge in [-0.2, -0.15) is 5.26 Å². The number of benzene rings is 2. The molecule has 0 aliphatic rings. The van der Waals surface area contributed by atoms with Crippen molar-refractivity contribution in [2.24, 2.45) is 0 Å². The normalized spacial score (nSPS) is 10.9. The van der Waals surface area contributed by atoms with E-state index in [-0.39, 0.29) is 12.2 Å².